The van der Waals surface area contributed by atoms with Gasteiger partial charge in [0, 0.05) is 12.6 Å². The van der Waals surface area contributed by atoms with Gasteiger partial charge in [0.25, 0.3) is 12.0 Å². The minimum Gasteiger partial charge on any atom is -0.485 e. The highest BCUT2D eigenvalue weighted by atomic mass is 19.4. The fraction of sp³-hybridized carbons (Fsp3) is 0.261. The van der Waals surface area contributed by atoms with Gasteiger partial charge in [-0.15, -0.1) is 13.2 Å². The number of hydrogen-bond acceptors (Lipinski definition) is 6. The molecule has 0 fully saturated rings. The molecule has 0 bridgehead atoms. The predicted molar refractivity (Wildman–Crippen MR) is 120 cm³/mol. The summed E-state index contributed by atoms with van der Waals surface area (Å²) in [5.74, 6) is -0.987. The maximum atomic E-state index is 13.1. The number of rotatable bonds is 8. The number of hydrogen-bond donors (Lipinski definition) is 2. The molecule has 0 radical (unpaired) electrons. The summed E-state index contributed by atoms with van der Waals surface area (Å²) < 4.78 is 76.7. The van der Waals surface area contributed by atoms with Gasteiger partial charge in [-0.25, -0.2) is 18.6 Å². The number of nitrogens with one attached hydrogen (secondary N) is 1. The number of nitrogens with zero attached hydrogens (tertiary/aromatic N) is 3. The fourth-order valence-electron chi connectivity index (χ4n) is 3.65. The molecule has 2 N–H and O–H groups in total. The van der Waals surface area contributed by atoms with Crippen molar-refractivity contribution in [3.63, 3.8) is 0 Å². The lowest BCUT2D eigenvalue weighted by Gasteiger charge is -2.15. The van der Waals surface area contributed by atoms with E-state index in [1.807, 2.05) is 4.98 Å². The number of aliphatic hydroxyl groups excluding tert-OH is 1. The highest BCUT2D eigenvalue weighted by Crippen LogP contribution is 2.36. The van der Waals surface area contributed by atoms with Crippen LogP contribution >= 0.6 is 0 Å². The number of aromatic nitrogens is 4. The van der Waals surface area contributed by atoms with Gasteiger partial charge in [-0.1, -0.05) is 30.3 Å². The third-order valence-corrected chi connectivity index (χ3v) is 5.34. The monoisotopic (exact) mass is 526 g/mol. The van der Waals surface area contributed by atoms with Crippen LogP contribution in [0.15, 0.2) is 58.1 Å². The van der Waals surface area contributed by atoms with Crippen LogP contribution in [0.1, 0.15) is 5.56 Å². The molecule has 37 heavy (non-hydrogen) atoms. The number of halogens is 5. The van der Waals surface area contributed by atoms with E-state index < -0.39 is 42.4 Å². The maximum Gasteiger partial charge on any atom is 0.573 e. The Morgan fingerprint density at radius 1 is 1.08 bits per heavy atom. The van der Waals surface area contributed by atoms with E-state index in [9.17, 15) is 36.6 Å². The topological polar surface area (TPSA) is 111 Å². The number of aryl methyl sites for hydroxylation is 1. The lowest BCUT2D eigenvalue weighted by atomic mass is 10.2. The van der Waals surface area contributed by atoms with Crippen molar-refractivity contribution in [1.29, 1.82) is 0 Å². The van der Waals surface area contributed by atoms with Gasteiger partial charge >= 0.3 is 12.1 Å². The number of fused-ring (bicyclic) bond motifs is 1. The second-order valence-electron chi connectivity index (χ2n) is 7.92. The lowest BCUT2D eigenvalue weighted by molar-refractivity contribution is -0.275. The van der Waals surface area contributed by atoms with Crippen LogP contribution in [0.3, 0.4) is 0 Å². The van der Waals surface area contributed by atoms with Gasteiger partial charge in [0.2, 0.25) is 0 Å². The average Bonchev–Trinajstić information content (AvgIpc) is 3.17. The van der Waals surface area contributed by atoms with E-state index in [1.165, 1.54) is 23.7 Å². The minimum absolute atomic E-state index is 0.0396. The molecular formula is C23H19F5N4O5. The van der Waals surface area contributed by atoms with Crippen molar-refractivity contribution < 1.29 is 36.5 Å². The van der Waals surface area contributed by atoms with E-state index in [2.05, 4.69) is 9.72 Å². The van der Waals surface area contributed by atoms with Crippen molar-refractivity contribution >= 4 is 11.2 Å². The second-order valence-corrected chi connectivity index (χ2v) is 7.92. The highest BCUT2D eigenvalue weighted by molar-refractivity contribution is 5.77. The molecule has 2 aromatic heterocycles. The van der Waals surface area contributed by atoms with Crippen LogP contribution in [0.25, 0.3) is 22.6 Å². The number of imidazole rings is 1. The number of aliphatic hydroxyl groups is 1. The van der Waals surface area contributed by atoms with Crippen molar-refractivity contribution in [2.45, 2.75) is 32.0 Å². The normalized spacial score (nSPS) is 12.8. The van der Waals surface area contributed by atoms with E-state index in [0.29, 0.717) is 10.1 Å². The molecule has 14 heteroatoms. The van der Waals surface area contributed by atoms with Gasteiger partial charge < -0.3 is 19.1 Å². The number of H-pyrrole nitrogens is 1. The summed E-state index contributed by atoms with van der Waals surface area (Å²) >= 11 is 0. The van der Waals surface area contributed by atoms with Gasteiger partial charge in [-0.2, -0.15) is 0 Å². The van der Waals surface area contributed by atoms with Crippen molar-refractivity contribution in [3.8, 4) is 22.9 Å². The Morgan fingerprint density at radius 3 is 2.43 bits per heavy atom. The van der Waals surface area contributed by atoms with Crippen LogP contribution < -0.4 is 20.7 Å². The first-order valence-corrected chi connectivity index (χ1v) is 10.7. The molecule has 4 rings (SSSR count). The lowest BCUT2D eigenvalue weighted by Crippen LogP contribution is -2.36. The summed E-state index contributed by atoms with van der Waals surface area (Å²) in [7, 11) is 1.35. The van der Waals surface area contributed by atoms with Crippen LogP contribution in [0.5, 0.6) is 11.5 Å². The zero-order valence-corrected chi connectivity index (χ0v) is 19.0. The second kappa shape index (κ2) is 10.0. The zero-order valence-electron chi connectivity index (χ0n) is 19.0. The first kappa shape index (κ1) is 25.9. The number of benzene rings is 2. The van der Waals surface area contributed by atoms with Gasteiger partial charge in [0.1, 0.15) is 18.5 Å². The molecule has 0 aliphatic carbocycles. The molecule has 0 aliphatic heterocycles. The largest absolute Gasteiger partial charge is 0.573 e. The van der Waals surface area contributed by atoms with Gasteiger partial charge in [-0.05, 0) is 23.8 Å². The molecule has 2 aromatic carbocycles. The van der Waals surface area contributed by atoms with Crippen LogP contribution in [0.2, 0.25) is 0 Å². The Hall–Kier alpha value is -4.20. The van der Waals surface area contributed by atoms with Crippen molar-refractivity contribution in [3.05, 3.63) is 74.9 Å². The quantitative estimate of drug-likeness (QED) is 0.341. The molecular weight excluding hydrogens is 507 g/mol. The molecule has 0 saturated carbocycles. The Labute approximate surface area is 204 Å². The van der Waals surface area contributed by atoms with Crippen LogP contribution in [0.4, 0.5) is 22.0 Å². The minimum atomic E-state index is -5.06. The van der Waals surface area contributed by atoms with Crippen LogP contribution in [0, 0.1) is 0 Å². The van der Waals surface area contributed by atoms with Gasteiger partial charge in [-0.3, -0.25) is 14.3 Å². The number of alkyl halides is 5. The van der Waals surface area contributed by atoms with E-state index >= 15 is 0 Å². The van der Waals surface area contributed by atoms with E-state index in [1.54, 1.807) is 30.3 Å². The Morgan fingerprint density at radius 2 is 1.78 bits per heavy atom. The molecule has 0 amide bonds. The highest BCUT2D eigenvalue weighted by Gasteiger charge is 2.33. The molecule has 0 spiro atoms. The molecule has 2 heterocycles. The predicted octanol–water partition coefficient (Wildman–Crippen LogP) is 3.19. The molecule has 0 saturated heterocycles. The van der Waals surface area contributed by atoms with Crippen molar-refractivity contribution in [2.24, 2.45) is 7.05 Å². The molecule has 4 aromatic rings. The summed E-state index contributed by atoms with van der Waals surface area (Å²) in [6, 6.07) is 12.3. The standard InChI is InChI=1S/C23H19F5N4O5/c1-31-17-20(32(10-14(33)18(24)25)22(35)30-21(17)34)29-19(31)13-7-8-15(16(9-13)37-23(26,27)28)36-11-12-5-3-2-4-6-12/h2-9,14,18,33H,10-11H2,1H3,(H,30,34,35). The van der Waals surface area contributed by atoms with Crippen molar-refractivity contribution in [2.75, 3.05) is 0 Å². The zero-order chi connectivity index (χ0) is 26.9. The molecule has 1 unspecified atom stereocenters. The third kappa shape index (κ3) is 5.63. The SMILES string of the molecule is Cn1c(-c2ccc(OCc3ccccc3)c(OC(F)(F)F)c2)nc2c1c(=O)[nH]c(=O)n2CC(O)C(F)F. The first-order chi connectivity index (χ1) is 17.4. The van der Waals surface area contributed by atoms with Gasteiger partial charge in [0.05, 0.1) is 6.54 Å². The van der Waals surface area contributed by atoms with Crippen LogP contribution in [-0.4, -0.2) is 43.1 Å². The average molecular weight is 526 g/mol. The molecule has 1 atom stereocenters. The number of ether oxygens (including phenoxy) is 2. The summed E-state index contributed by atoms with van der Waals surface area (Å²) in [6.45, 7) is -0.927. The first-order valence-electron chi connectivity index (χ1n) is 10.7. The Balaban J connectivity index is 1.79. The fourth-order valence-corrected chi connectivity index (χ4v) is 3.65. The summed E-state index contributed by atoms with van der Waals surface area (Å²) in [4.78, 5) is 30.8. The summed E-state index contributed by atoms with van der Waals surface area (Å²) in [5.41, 5.74) is -1.82. The summed E-state index contributed by atoms with van der Waals surface area (Å²) in [5, 5.41) is 9.56. The maximum absolute atomic E-state index is 13.1. The number of aromatic amines is 1. The smallest absolute Gasteiger partial charge is 0.485 e. The Bertz CT molecular complexity index is 1530. The molecule has 196 valence electrons. The van der Waals surface area contributed by atoms with E-state index in [-0.39, 0.29) is 34.9 Å². The molecule has 0 aliphatic rings. The van der Waals surface area contributed by atoms with E-state index in [4.69, 9.17) is 4.74 Å². The summed E-state index contributed by atoms with van der Waals surface area (Å²) in [6.07, 6.45) is -10.5. The third-order valence-electron chi connectivity index (χ3n) is 5.34. The van der Waals surface area contributed by atoms with Crippen molar-refractivity contribution in [1.82, 2.24) is 19.1 Å². The Kier molecular flexibility index (Phi) is 7.03. The van der Waals surface area contributed by atoms with Crippen LogP contribution in [-0.2, 0) is 20.2 Å². The van der Waals surface area contributed by atoms with Gasteiger partial charge in [0.15, 0.2) is 22.7 Å². The van der Waals surface area contributed by atoms with E-state index in [0.717, 1.165) is 6.07 Å². The molecule has 9 nitrogen and oxygen atoms in total.